The van der Waals surface area contributed by atoms with Gasteiger partial charge in [-0.25, -0.2) is 4.39 Å². The van der Waals surface area contributed by atoms with Gasteiger partial charge in [0.1, 0.15) is 5.82 Å². The van der Waals surface area contributed by atoms with E-state index in [1.165, 1.54) is 37.0 Å². The van der Waals surface area contributed by atoms with Crippen LogP contribution in [0.5, 0.6) is 0 Å². The van der Waals surface area contributed by atoms with Gasteiger partial charge in [0.15, 0.2) is 0 Å². The van der Waals surface area contributed by atoms with Crippen molar-refractivity contribution in [2.45, 2.75) is 53.7 Å². The molecule has 0 aliphatic rings. The summed E-state index contributed by atoms with van der Waals surface area (Å²) >= 11 is 1.69. The largest absolute Gasteiger partial charge is 0.305 e. The van der Waals surface area contributed by atoms with Gasteiger partial charge in [0.2, 0.25) is 0 Å². The second-order valence-electron chi connectivity index (χ2n) is 14.9. The number of nitrogens with zero attached hydrogens (tertiary/aromatic N) is 2. The standard InChI is InChI=1S/C30H23FNS.C15H18NSi.Ir/c1-30(2,3)16-21-15-27(32-17-26(21)31)24-10-6-9-22-23-12-11-20-13-18-7-4-5-8-19(18)14-25(20)29(23)33-28(22)24;1-12-10-14(13-8-6-5-7-9-13)16-11-15(12)17(2,3)4;/h4-9,11-15,17H,16H2,1-3H3;5-8,10-11H,1-4H3;/q2*-1;/i16D2;;. The first-order valence-corrected chi connectivity index (χ1v) is 21.2. The van der Waals surface area contributed by atoms with Crippen LogP contribution in [-0.4, -0.2) is 18.0 Å². The number of rotatable bonds is 4. The quantitative estimate of drug-likeness (QED) is 0.1000. The van der Waals surface area contributed by atoms with Crippen LogP contribution in [-0.2, 0) is 26.5 Å². The second kappa shape index (κ2) is 14.5. The molecule has 0 atom stereocenters. The zero-order valence-corrected chi connectivity index (χ0v) is 34.1. The molecule has 0 N–H and O–H groups in total. The molecule has 0 aliphatic carbocycles. The maximum atomic E-state index is 14.8. The third kappa shape index (κ3) is 7.75. The number of fused-ring (bicyclic) bond motifs is 6. The van der Waals surface area contributed by atoms with Gasteiger partial charge in [0.05, 0.1) is 14.3 Å². The summed E-state index contributed by atoms with van der Waals surface area (Å²) in [5.74, 6) is -0.630. The first kappa shape index (κ1) is 34.0. The van der Waals surface area contributed by atoms with Gasteiger partial charge in [-0.05, 0) is 84.6 Å². The van der Waals surface area contributed by atoms with Crippen molar-refractivity contribution in [3.63, 3.8) is 0 Å². The van der Waals surface area contributed by atoms with Crippen LogP contribution in [0.3, 0.4) is 0 Å². The first-order chi connectivity index (χ1) is 24.6. The van der Waals surface area contributed by atoms with E-state index in [1.54, 1.807) is 38.2 Å². The summed E-state index contributed by atoms with van der Waals surface area (Å²) in [7, 11) is -1.27. The van der Waals surface area contributed by atoms with Crippen molar-refractivity contribution in [3.8, 4) is 22.5 Å². The Labute approximate surface area is 322 Å². The fourth-order valence-corrected chi connectivity index (χ4v) is 9.56. The molecule has 1 radical (unpaired) electrons. The number of thiophene rings is 1. The summed E-state index contributed by atoms with van der Waals surface area (Å²) in [5.41, 5.74) is 3.99. The fraction of sp³-hybridized carbons (Fsp3) is 0.200. The number of halogens is 1. The summed E-state index contributed by atoms with van der Waals surface area (Å²) in [5, 5.41) is 8.50. The van der Waals surface area contributed by atoms with Crippen LogP contribution in [0.15, 0.2) is 109 Å². The molecule has 0 fully saturated rings. The number of aryl methyl sites for hydroxylation is 1. The van der Waals surface area contributed by atoms with Gasteiger partial charge in [-0.2, -0.15) is 11.3 Å². The third-order valence-corrected chi connectivity index (χ3v) is 12.2. The van der Waals surface area contributed by atoms with Crippen LogP contribution in [0.25, 0.3) is 64.2 Å². The Morgan fingerprint density at radius 3 is 2.14 bits per heavy atom. The Balaban J connectivity index is 0.000000226. The van der Waals surface area contributed by atoms with E-state index in [4.69, 9.17) is 2.74 Å². The van der Waals surface area contributed by atoms with Crippen molar-refractivity contribution in [2.75, 3.05) is 0 Å². The average Bonchev–Trinajstić information content (AvgIpc) is 3.50. The molecule has 0 saturated carbocycles. The zero-order valence-electron chi connectivity index (χ0n) is 31.9. The van der Waals surface area contributed by atoms with Crippen molar-refractivity contribution in [2.24, 2.45) is 5.41 Å². The fourth-order valence-electron chi connectivity index (χ4n) is 6.52. The van der Waals surface area contributed by atoms with Crippen LogP contribution >= 0.6 is 11.3 Å². The smallest absolute Gasteiger partial charge is 0.142 e. The van der Waals surface area contributed by atoms with E-state index < -0.39 is 25.7 Å². The SMILES string of the molecule is Cc1cc(-c2[c-]cccc2)ncc1[Si](C)(C)C.[2H]C([2H])(c1cc(-c2[c-]ccc3c2sc2c4cc5ccccc5cc4ccc32)ncc1F)C(C)(C)C.[Ir]. The predicted molar refractivity (Wildman–Crippen MR) is 216 cm³/mol. The van der Waals surface area contributed by atoms with Crippen molar-refractivity contribution in [1.82, 2.24) is 9.97 Å². The summed E-state index contributed by atoms with van der Waals surface area (Å²) in [4.78, 5) is 8.94. The molecule has 8 rings (SSSR count). The van der Waals surface area contributed by atoms with Gasteiger partial charge >= 0.3 is 0 Å². The average molecular weight is 883 g/mol. The Morgan fingerprint density at radius 2 is 1.45 bits per heavy atom. The van der Waals surface area contributed by atoms with Gasteiger partial charge in [0.25, 0.3) is 0 Å². The normalized spacial score (nSPS) is 12.7. The summed E-state index contributed by atoms with van der Waals surface area (Å²) in [6, 6.07) is 39.4. The molecule has 6 heteroatoms. The zero-order chi connectivity index (χ0) is 37.0. The molecule has 259 valence electrons. The minimum Gasteiger partial charge on any atom is -0.305 e. The van der Waals surface area contributed by atoms with E-state index in [2.05, 4.69) is 122 Å². The number of hydrogen-bond donors (Lipinski definition) is 0. The minimum absolute atomic E-state index is 0. The van der Waals surface area contributed by atoms with E-state index in [9.17, 15) is 4.39 Å². The topological polar surface area (TPSA) is 25.8 Å². The van der Waals surface area contributed by atoms with E-state index in [1.807, 2.05) is 24.3 Å². The third-order valence-electron chi connectivity index (χ3n) is 8.81. The van der Waals surface area contributed by atoms with Gasteiger partial charge in [-0.15, -0.1) is 59.7 Å². The monoisotopic (exact) mass is 883 g/mol. The van der Waals surface area contributed by atoms with Crippen molar-refractivity contribution in [3.05, 3.63) is 139 Å². The van der Waals surface area contributed by atoms with E-state index in [0.29, 0.717) is 5.69 Å². The maximum Gasteiger partial charge on any atom is 0.142 e. The Hall–Kier alpha value is -4.06. The Bertz CT molecular complexity index is 2610. The molecule has 0 bridgehead atoms. The molecule has 3 aromatic heterocycles. The number of hydrogen-bond acceptors (Lipinski definition) is 3. The maximum absolute atomic E-state index is 14.8. The Kier molecular flexibility index (Phi) is 9.69. The molecule has 0 amide bonds. The molecule has 0 unspecified atom stereocenters. The van der Waals surface area contributed by atoms with E-state index in [0.717, 1.165) is 38.5 Å². The van der Waals surface area contributed by atoms with E-state index in [-0.39, 0.29) is 25.7 Å². The number of pyridine rings is 2. The first-order valence-electron chi connectivity index (χ1n) is 17.9. The van der Waals surface area contributed by atoms with Gasteiger partial charge in [-0.3, -0.25) is 0 Å². The number of benzene rings is 5. The summed E-state index contributed by atoms with van der Waals surface area (Å²) in [6.07, 6.45) is 1.33. The molecule has 5 aromatic carbocycles. The molecule has 2 nitrogen and oxygen atoms in total. The molecular formula is C45H41FIrN2SSi-2. The van der Waals surface area contributed by atoms with Crippen LogP contribution in [0.1, 0.15) is 34.6 Å². The molecule has 0 aliphatic heterocycles. The minimum atomic E-state index is -1.86. The van der Waals surface area contributed by atoms with E-state index >= 15 is 0 Å². The van der Waals surface area contributed by atoms with Crippen LogP contribution in [0, 0.1) is 30.3 Å². The van der Waals surface area contributed by atoms with Crippen molar-refractivity contribution >= 4 is 66.3 Å². The van der Waals surface area contributed by atoms with Gasteiger partial charge in [0, 0.05) is 33.7 Å². The molecular weight excluding hydrogens is 840 g/mol. The molecule has 51 heavy (non-hydrogen) atoms. The van der Waals surface area contributed by atoms with Crippen LogP contribution in [0.2, 0.25) is 19.6 Å². The molecule has 8 aromatic rings. The Morgan fingerprint density at radius 1 is 0.745 bits per heavy atom. The van der Waals surface area contributed by atoms with Gasteiger partial charge in [-0.1, -0.05) is 99.9 Å². The molecule has 0 saturated heterocycles. The molecule has 3 heterocycles. The second-order valence-corrected chi connectivity index (χ2v) is 21.0. The summed E-state index contributed by atoms with van der Waals surface area (Å²) < 4.78 is 34.2. The van der Waals surface area contributed by atoms with Gasteiger partial charge < -0.3 is 9.97 Å². The van der Waals surface area contributed by atoms with Crippen molar-refractivity contribution in [1.29, 1.82) is 0 Å². The molecule has 0 spiro atoms. The number of aromatic nitrogens is 2. The predicted octanol–water partition coefficient (Wildman–Crippen LogP) is 12.4. The summed E-state index contributed by atoms with van der Waals surface area (Å²) in [6.45, 7) is 14.6. The van der Waals surface area contributed by atoms with Crippen LogP contribution < -0.4 is 5.19 Å². The van der Waals surface area contributed by atoms with Crippen LogP contribution in [0.4, 0.5) is 4.39 Å². The van der Waals surface area contributed by atoms with Crippen molar-refractivity contribution < 1.29 is 27.2 Å².